The Labute approximate surface area is 166 Å². The van der Waals surface area contributed by atoms with Crippen molar-refractivity contribution < 1.29 is 18.7 Å². The number of hydrogen-bond acceptors (Lipinski definition) is 5. The van der Waals surface area contributed by atoms with Crippen molar-refractivity contribution in [2.75, 3.05) is 6.26 Å². The van der Waals surface area contributed by atoms with Gasteiger partial charge in [0.25, 0.3) is 5.91 Å². The minimum atomic E-state index is -0.789. The minimum Gasteiger partial charge on any atom is -0.438 e. The summed E-state index contributed by atoms with van der Waals surface area (Å²) in [5, 5.41) is 0. The average molecular weight is 401 g/mol. The van der Waals surface area contributed by atoms with Crippen LogP contribution in [0, 0.1) is 23.6 Å². The monoisotopic (exact) mass is 401 g/mol. The van der Waals surface area contributed by atoms with Crippen molar-refractivity contribution in [2.45, 2.75) is 24.2 Å². The van der Waals surface area contributed by atoms with Crippen molar-refractivity contribution in [2.24, 2.45) is 17.4 Å². The van der Waals surface area contributed by atoms with Gasteiger partial charge in [0.2, 0.25) is 11.8 Å². The lowest BCUT2D eigenvalue weighted by molar-refractivity contribution is -0.121. The Hall–Kier alpha value is -3.05. The van der Waals surface area contributed by atoms with Gasteiger partial charge in [-0.1, -0.05) is 6.07 Å². The molecule has 6 nitrogen and oxygen atoms in total. The fourth-order valence-corrected chi connectivity index (χ4v) is 2.78. The Morgan fingerprint density at radius 2 is 2.07 bits per heavy atom. The van der Waals surface area contributed by atoms with E-state index in [2.05, 4.69) is 16.8 Å². The maximum absolute atomic E-state index is 13.0. The van der Waals surface area contributed by atoms with Crippen molar-refractivity contribution >= 4 is 23.6 Å². The van der Waals surface area contributed by atoms with E-state index in [0.29, 0.717) is 12.2 Å². The number of amides is 2. The molecule has 0 saturated carbocycles. The number of thioether (sulfide) groups is 1. The van der Waals surface area contributed by atoms with Crippen molar-refractivity contribution in [1.82, 2.24) is 4.98 Å². The second-order valence-electron chi connectivity index (χ2n) is 5.85. The molecule has 1 heterocycles. The average Bonchev–Trinajstić information content (AvgIpc) is 2.70. The highest BCUT2D eigenvalue weighted by Gasteiger charge is 2.15. The molecule has 0 fully saturated rings. The number of nitrogens with two attached hydrogens (primary N) is 2. The number of hydrogen-bond donors (Lipinski definition) is 2. The van der Waals surface area contributed by atoms with Crippen LogP contribution >= 0.6 is 11.8 Å². The summed E-state index contributed by atoms with van der Waals surface area (Å²) in [6.45, 7) is 0. The zero-order chi connectivity index (χ0) is 20.5. The number of halogens is 1. The molecule has 0 aliphatic heterocycles. The molecule has 1 aromatic heterocycles. The van der Waals surface area contributed by atoms with Crippen molar-refractivity contribution in [3.05, 3.63) is 47.9 Å². The standard InChI is InChI=1S/C13H11FN2O2S.C7H9NO/c1-19-10-4-2-3-9(6-10)18-13-11(12(15)17)5-8(14)7-16-13;8-7(9)6-4-2-1-3-5-6/h2-7H,1H3,(H2,15,17);6H,2,4-5H2,(H2,8,9)/t;6-/m.0/s1. The molecule has 2 aromatic rings. The number of ether oxygens (including phenoxy) is 1. The molecule has 146 valence electrons. The quantitative estimate of drug-likeness (QED) is 0.591. The van der Waals surface area contributed by atoms with E-state index in [1.165, 1.54) is 0 Å². The van der Waals surface area contributed by atoms with Gasteiger partial charge < -0.3 is 16.2 Å². The number of carbonyl (C=O) groups is 2. The predicted octanol–water partition coefficient (Wildman–Crippen LogP) is 3.11. The molecule has 1 aromatic carbocycles. The highest BCUT2D eigenvalue weighted by Crippen LogP contribution is 2.26. The van der Waals surface area contributed by atoms with Gasteiger partial charge in [-0.25, -0.2) is 9.37 Å². The smallest absolute Gasteiger partial charge is 0.254 e. The fourth-order valence-electron chi connectivity index (χ4n) is 2.34. The largest absolute Gasteiger partial charge is 0.438 e. The summed E-state index contributed by atoms with van der Waals surface area (Å²) in [6, 6.07) is 8.25. The normalized spacial score (nSPS) is 14.7. The third kappa shape index (κ3) is 6.28. The van der Waals surface area contributed by atoms with E-state index in [-0.39, 0.29) is 23.3 Å². The first-order chi connectivity index (χ1) is 13.4. The zero-order valence-electron chi connectivity index (χ0n) is 15.3. The van der Waals surface area contributed by atoms with Gasteiger partial charge in [0.05, 0.1) is 6.20 Å². The highest BCUT2D eigenvalue weighted by atomic mass is 32.2. The van der Waals surface area contributed by atoms with E-state index < -0.39 is 11.7 Å². The Bertz CT molecular complexity index is 924. The van der Waals surface area contributed by atoms with E-state index >= 15 is 0 Å². The van der Waals surface area contributed by atoms with Crippen LogP contribution in [-0.2, 0) is 4.79 Å². The van der Waals surface area contributed by atoms with E-state index in [1.807, 2.05) is 18.4 Å². The van der Waals surface area contributed by atoms with Crippen LogP contribution in [0.1, 0.15) is 29.6 Å². The summed E-state index contributed by atoms with van der Waals surface area (Å²) in [6.07, 6.45) is 5.25. The Morgan fingerprint density at radius 1 is 1.29 bits per heavy atom. The van der Waals surface area contributed by atoms with Crippen LogP contribution in [0.2, 0.25) is 0 Å². The first-order valence-electron chi connectivity index (χ1n) is 8.43. The van der Waals surface area contributed by atoms with Gasteiger partial charge in [0.15, 0.2) is 0 Å². The molecule has 28 heavy (non-hydrogen) atoms. The summed E-state index contributed by atoms with van der Waals surface area (Å²) in [4.78, 5) is 26.5. The van der Waals surface area contributed by atoms with Gasteiger partial charge >= 0.3 is 0 Å². The van der Waals surface area contributed by atoms with Gasteiger partial charge in [0, 0.05) is 23.7 Å². The second kappa shape index (κ2) is 10.3. The van der Waals surface area contributed by atoms with Crippen LogP contribution in [0.15, 0.2) is 41.4 Å². The van der Waals surface area contributed by atoms with E-state index in [4.69, 9.17) is 16.2 Å². The molecule has 0 spiro atoms. The molecule has 1 aliphatic rings. The maximum atomic E-state index is 13.0. The summed E-state index contributed by atoms with van der Waals surface area (Å²) in [7, 11) is 0. The van der Waals surface area contributed by atoms with Crippen LogP contribution in [0.5, 0.6) is 11.6 Å². The number of rotatable bonds is 5. The number of benzene rings is 1. The molecule has 0 radical (unpaired) electrons. The van der Waals surface area contributed by atoms with Crippen LogP contribution in [0.3, 0.4) is 0 Å². The van der Waals surface area contributed by atoms with Crippen LogP contribution in [0.4, 0.5) is 4.39 Å². The molecule has 0 saturated heterocycles. The van der Waals surface area contributed by atoms with Gasteiger partial charge in [-0.05, 0) is 36.9 Å². The Kier molecular flexibility index (Phi) is 7.84. The molecule has 1 atom stereocenters. The lowest BCUT2D eigenvalue weighted by Crippen LogP contribution is -2.23. The molecule has 4 N–H and O–H groups in total. The fraction of sp³-hybridized carbons (Fsp3) is 0.250. The van der Waals surface area contributed by atoms with E-state index in [9.17, 15) is 14.0 Å². The molecule has 0 bridgehead atoms. The maximum Gasteiger partial charge on any atom is 0.254 e. The minimum absolute atomic E-state index is 0.00727. The van der Waals surface area contributed by atoms with Crippen molar-refractivity contribution in [3.63, 3.8) is 0 Å². The van der Waals surface area contributed by atoms with Crippen molar-refractivity contribution in [3.8, 4) is 23.5 Å². The third-order valence-electron chi connectivity index (χ3n) is 3.83. The lowest BCUT2D eigenvalue weighted by Gasteiger charge is -2.09. The molecule has 2 amide bonds. The first-order valence-corrected chi connectivity index (χ1v) is 9.65. The number of carbonyl (C=O) groups excluding carboxylic acids is 2. The van der Waals surface area contributed by atoms with Gasteiger partial charge in [-0.15, -0.1) is 23.6 Å². The van der Waals surface area contributed by atoms with Gasteiger partial charge in [-0.2, -0.15) is 0 Å². The third-order valence-corrected chi connectivity index (χ3v) is 4.56. The topological polar surface area (TPSA) is 108 Å². The van der Waals surface area contributed by atoms with Gasteiger partial charge in [-0.3, -0.25) is 9.59 Å². The van der Waals surface area contributed by atoms with E-state index in [0.717, 1.165) is 30.0 Å². The number of nitrogens with zero attached hydrogens (tertiary/aromatic N) is 1. The van der Waals surface area contributed by atoms with Crippen LogP contribution < -0.4 is 16.2 Å². The second-order valence-corrected chi connectivity index (χ2v) is 6.73. The molecular weight excluding hydrogens is 381 g/mol. The Morgan fingerprint density at radius 3 is 2.64 bits per heavy atom. The zero-order valence-corrected chi connectivity index (χ0v) is 16.1. The SMILES string of the molecule is CSc1cccc(Oc2ncc(F)cc2C(N)=O)c1.NC(=O)[C@@H]1CC#CCC1. The van der Waals surface area contributed by atoms with Crippen LogP contribution in [0.25, 0.3) is 0 Å². The molecule has 1 aliphatic carbocycles. The molecular formula is C20H20FN3O3S. The molecule has 3 rings (SSSR count). The first kappa shape index (κ1) is 21.3. The molecule has 8 heteroatoms. The summed E-state index contributed by atoms with van der Waals surface area (Å²) in [5.41, 5.74) is 10.1. The lowest BCUT2D eigenvalue weighted by atomic mass is 9.96. The van der Waals surface area contributed by atoms with E-state index in [1.54, 1.807) is 23.9 Å². The summed E-state index contributed by atoms with van der Waals surface area (Å²) in [5.74, 6) is 4.66. The summed E-state index contributed by atoms with van der Waals surface area (Å²) < 4.78 is 18.5. The highest BCUT2D eigenvalue weighted by molar-refractivity contribution is 7.98. The number of pyridine rings is 1. The van der Waals surface area contributed by atoms with Crippen molar-refractivity contribution in [1.29, 1.82) is 0 Å². The Balaban J connectivity index is 0.000000261. The number of aromatic nitrogens is 1. The summed E-state index contributed by atoms with van der Waals surface area (Å²) >= 11 is 1.55. The molecule has 0 unspecified atom stereocenters. The van der Waals surface area contributed by atoms with Crippen LogP contribution in [-0.4, -0.2) is 23.1 Å². The number of primary amides is 2. The predicted molar refractivity (Wildman–Crippen MR) is 105 cm³/mol. The van der Waals surface area contributed by atoms with Gasteiger partial charge in [0.1, 0.15) is 17.1 Å².